The van der Waals surface area contributed by atoms with E-state index in [4.69, 9.17) is 11.6 Å². The summed E-state index contributed by atoms with van der Waals surface area (Å²) in [6.45, 7) is 0. The van der Waals surface area contributed by atoms with Gasteiger partial charge in [-0.3, -0.25) is 4.79 Å². The minimum atomic E-state index is -0.311. The van der Waals surface area contributed by atoms with Gasteiger partial charge in [-0.25, -0.2) is 4.99 Å². The lowest BCUT2D eigenvalue weighted by atomic mass is 10.2. The van der Waals surface area contributed by atoms with Crippen molar-refractivity contribution >= 4 is 41.0 Å². The number of hydrogen-bond donors (Lipinski definition) is 0. The zero-order chi connectivity index (χ0) is 14.4. The van der Waals surface area contributed by atoms with E-state index < -0.39 is 0 Å². The number of halogens is 1. The van der Waals surface area contributed by atoms with Gasteiger partial charge < -0.3 is 0 Å². The van der Waals surface area contributed by atoms with Gasteiger partial charge in [-0.2, -0.15) is 15.1 Å². The number of hydrogen-bond acceptors (Lipinski definition) is 4. The first-order valence-electron chi connectivity index (χ1n) is 6.76. The highest BCUT2D eigenvalue weighted by Crippen LogP contribution is 2.27. The van der Waals surface area contributed by atoms with Crippen molar-refractivity contribution < 1.29 is 4.79 Å². The fraction of sp³-hybridized carbons (Fsp3) is 0.200. The fourth-order valence-corrected chi connectivity index (χ4v) is 2.71. The third kappa shape index (κ3) is 2.10. The second kappa shape index (κ2) is 4.63. The summed E-state index contributed by atoms with van der Waals surface area (Å²) in [5.74, 6) is 0.0643. The third-order valence-electron chi connectivity index (χ3n) is 3.63. The Morgan fingerprint density at radius 1 is 1.10 bits per heavy atom. The van der Waals surface area contributed by atoms with Crippen molar-refractivity contribution in [2.75, 3.05) is 0 Å². The zero-order valence-corrected chi connectivity index (χ0v) is 11.8. The molecule has 1 aliphatic carbocycles. The highest BCUT2D eigenvalue weighted by molar-refractivity contribution is 6.46. The summed E-state index contributed by atoms with van der Waals surface area (Å²) in [7, 11) is 0. The molecule has 0 radical (unpaired) electrons. The van der Waals surface area contributed by atoms with Crippen molar-refractivity contribution in [3.8, 4) is 0 Å². The summed E-state index contributed by atoms with van der Waals surface area (Å²) in [6, 6.07) is 7.26. The van der Waals surface area contributed by atoms with Gasteiger partial charge in [0.15, 0.2) is 0 Å². The minimum Gasteiger partial charge on any atom is -0.265 e. The van der Waals surface area contributed by atoms with Crippen molar-refractivity contribution in [2.24, 2.45) is 15.1 Å². The molecule has 1 aromatic rings. The Bertz CT molecular complexity index is 758. The molecule has 1 aromatic carbocycles. The molecule has 0 aromatic heterocycles. The van der Waals surface area contributed by atoms with E-state index in [1.807, 2.05) is 12.1 Å². The molecule has 0 unspecified atom stereocenters. The molecule has 0 N–H and O–H groups in total. The number of hydrazone groups is 1. The minimum absolute atomic E-state index is 0.311. The Morgan fingerprint density at radius 2 is 1.86 bits per heavy atom. The highest BCUT2D eigenvalue weighted by Gasteiger charge is 2.35. The van der Waals surface area contributed by atoms with Crippen LogP contribution >= 0.6 is 11.6 Å². The highest BCUT2D eigenvalue weighted by atomic mass is 35.5. The molecule has 21 heavy (non-hydrogen) atoms. The molecule has 2 heterocycles. The predicted molar refractivity (Wildman–Crippen MR) is 82.4 cm³/mol. The number of fused-ring (bicyclic) bond motifs is 2. The topological polar surface area (TPSA) is 57.4 Å². The number of benzene rings is 1. The van der Waals surface area contributed by atoms with Gasteiger partial charge in [-0.15, -0.1) is 0 Å². The first-order valence-corrected chi connectivity index (χ1v) is 7.14. The van der Waals surface area contributed by atoms with Crippen LogP contribution in [-0.2, 0) is 4.79 Å². The van der Waals surface area contributed by atoms with E-state index in [-0.39, 0.29) is 5.91 Å². The van der Waals surface area contributed by atoms with Crippen molar-refractivity contribution in [1.29, 1.82) is 0 Å². The van der Waals surface area contributed by atoms with Gasteiger partial charge >= 0.3 is 0 Å². The first-order chi connectivity index (χ1) is 10.2. The lowest BCUT2D eigenvalue weighted by molar-refractivity contribution is -0.114. The Labute approximate surface area is 126 Å². The molecular formula is C15H11ClN4O. The maximum atomic E-state index is 12.1. The second-order valence-corrected chi connectivity index (χ2v) is 5.51. The summed E-state index contributed by atoms with van der Waals surface area (Å²) in [5.41, 5.74) is 3.23. The molecule has 1 amide bonds. The molecule has 5 nitrogen and oxygen atoms in total. The average Bonchev–Trinajstić information content (AvgIpc) is 3.03. The summed E-state index contributed by atoms with van der Waals surface area (Å²) in [4.78, 5) is 20.5. The van der Waals surface area contributed by atoms with Crippen molar-refractivity contribution in [1.82, 2.24) is 5.01 Å². The van der Waals surface area contributed by atoms with Crippen LogP contribution in [0.1, 0.15) is 24.8 Å². The molecule has 1 saturated carbocycles. The standard InChI is InChI=1S/C15H11ClN4O/c16-10-6-4-9(5-7-10)8-13-14(21)18-15-17-11-2-1-3-12(11)19-20(13)15/h4-8H,1-3H2. The van der Waals surface area contributed by atoms with E-state index in [1.165, 1.54) is 0 Å². The van der Waals surface area contributed by atoms with Crippen LogP contribution in [0.4, 0.5) is 0 Å². The number of aliphatic imine (C=N–C) groups is 2. The van der Waals surface area contributed by atoms with Gasteiger partial charge in [-0.05, 0) is 43.0 Å². The number of nitrogens with zero attached hydrogens (tertiary/aromatic N) is 4. The zero-order valence-electron chi connectivity index (χ0n) is 11.1. The van der Waals surface area contributed by atoms with E-state index in [2.05, 4.69) is 15.1 Å². The van der Waals surface area contributed by atoms with Gasteiger partial charge in [0, 0.05) is 5.02 Å². The average molecular weight is 299 g/mol. The lowest BCUT2D eigenvalue weighted by Gasteiger charge is -2.18. The van der Waals surface area contributed by atoms with Crippen molar-refractivity contribution in [3.63, 3.8) is 0 Å². The number of carbonyl (C=O) groups is 1. The molecule has 4 rings (SSSR count). The van der Waals surface area contributed by atoms with Gasteiger partial charge in [-0.1, -0.05) is 23.7 Å². The molecule has 0 saturated heterocycles. The molecule has 0 atom stereocenters. The van der Waals surface area contributed by atoms with E-state index in [9.17, 15) is 4.79 Å². The fourth-order valence-electron chi connectivity index (χ4n) is 2.59. The van der Waals surface area contributed by atoms with E-state index >= 15 is 0 Å². The largest absolute Gasteiger partial charge is 0.299 e. The number of guanidine groups is 1. The Kier molecular flexibility index (Phi) is 2.75. The van der Waals surface area contributed by atoms with Crippen molar-refractivity contribution in [2.45, 2.75) is 19.3 Å². The summed E-state index contributed by atoms with van der Waals surface area (Å²) in [6.07, 6.45) is 4.64. The first kappa shape index (κ1) is 12.5. The number of rotatable bonds is 1. The van der Waals surface area contributed by atoms with E-state index in [0.29, 0.717) is 16.7 Å². The Hall–Kier alpha value is -2.27. The molecule has 6 heteroatoms. The molecule has 1 fully saturated rings. The molecule has 3 aliphatic rings. The monoisotopic (exact) mass is 298 g/mol. The Morgan fingerprint density at radius 3 is 2.67 bits per heavy atom. The van der Waals surface area contributed by atoms with Gasteiger partial charge in [0.05, 0.1) is 11.4 Å². The van der Waals surface area contributed by atoms with E-state index in [0.717, 1.165) is 36.2 Å². The van der Waals surface area contributed by atoms with Crippen LogP contribution in [0.25, 0.3) is 6.08 Å². The van der Waals surface area contributed by atoms with Gasteiger partial charge in [0.25, 0.3) is 11.9 Å². The molecule has 0 spiro atoms. The lowest BCUT2D eigenvalue weighted by Crippen LogP contribution is -2.28. The van der Waals surface area contributed by atoms with Crippen LogP contribution in [-0.4, -0.2) is 28.3 Å². The quantitative estimate of drug-likeness (QED) is 0.749. The van der Waals surface area contributed by atoms with Crippen LogP contribution in [0.3, 0.4) is 0 Å². The Balaban J connectivity index is 1.73. The summed E-state index contributed by atoms with van der Waals surface area (Å²) >= 11 is 5.87. The molecule has 104 valence electrons. The SMILES string of the molecule is O=C1N=C2N=C3CCCC3=NN2C1=Cc1ccc(Cl)cc1. The third-order valence-corrected chi connectivity index (χ3v) is 3.88. The van der Waals surface area contributed by atoms with Gasteiger partial charge in [0.1, 0.15) is 5.70 Å². The maximum absolute atomic E-state index is 12.1. The molecule has 0 bridgehead atoms. The predicted octanol–water partition coefficient (Wildman–Crippen LogP) is 2.87. The maximum Gasteiger partial charge on any atom is 0.299 e. The molecular weight excluding hydrogens is 288 g/mol. The van der Waals surface area contributed by atoms with Crippen molar-refractivity contribution in [3.05, 3.63) is 40.5 Å². The van der Waals surface area contributed by atoms with Crippen LogP contribution in [0.2, 0.25) is 5.02 Å². The summed E-state index contributed by atoms with van der Waals surface area (Å²) in [5, 5.41) is 6.72. The van der Waals surface area contributed by atoms with E-state index in [1.54, 1.807) is 23.2 Å². The van der Waals surface area contributed by atoms with Crippen LogP contribution in [0.5, 0.6) is 0 Å². The van der Waals surface area contributed by atoms with Crippen LogP contribution < -0.4 is 0 Å². The molecule has 2 aliphatic heterocycles. The smallest absolute Gasteiger partial charge is 0.265 e. The van der Waals surface area contributed by atoms with Gasteiger partial charge in [0.2, 0.25) is 0 Å². The van der Waals surface area contributed by atoms with Crippen LogP contribution in [0.15, 0.2) is 45.0 Å². The number of amides is 1. The normalized spacial score (nSPS) is 22.0. The number of carbonyl (C=O) groups excluding carboxylic acids is 1. The summed E-state index contributed by atoms with van der Waals surface area (Å²) < 4.78 is 0. The second-order valence-electron chi connectivity index (χ2n) is 5.07. The van der Waals surface area contributed by atoms with Crippen LogP contribution in [0, 0.1) is 0 Å².